The van der Waals surface area contributed by atoms with Gasteiger partial charge in [0, 0.05) is 23.8 Å². The first-order chi connectivity index (χ1) is 11.7. The Morgan fingerprint density at radius 3 is 2.25 bits per heavy atom. The van der Waals surface area contributed by atoms with Crippen LogP contribution < -0.4 is 20.1 Å². The number of rotatable bonds is 8. The van der Waals surface area contributed by atoms with E-state index < -0.39 is 0 Å². The molecule has 1 saturated carbocycles. The lowest BCUT2D eigenvalue weighted by molar-refractivity contribution is -0.117. The van der Waals surface area contributed by atoms with Crippen molar-refractivity contribution < 1.29 is 14.3 Å². The van der Waals surface area contributed by atoms with E-state index in [2.05, 4.69) is 10.6 Å². The number of hydrogen-bond donors (Lipinski definition) is 2. The van der Waals surface area contributed by atoms with Gasteiger partial charge in [-0.25, -0.2) is 0 Å². The third kappa shape index (κ3) is 4.65. The summed E-state index contributed by atoms with van der Waals surface area (Å²) >= 11 is 0. The molecule has 0 saturated heterocycles. The van der Waals surface area contributed by atoms with E-state index in [1.54, 1.807) is 7.11 Å². The van der Waals surface area contributed by atoms with Crippen LogP contribution in [-0.2, 0) is 4.79 Å². The molecule has 0 heterocycles. The van der Waals surface area contributed by atoms with Crippen LogP contribution in [0.3, 0.4) is 0 Å². The van der Waals surface area contributed by atoms with E-state index in [4.69, 9.17) is 9.47 Å². The average molecular weight is 326 g/mol. The Kier molecular flexibility index (Phi) is 5.21. The van der Waals surface area contributed by atoms with Crippen molar-refractivity contribution in [3.63, 3.8) is 0 Å². The van der Waals surface area contributed by atoms with Crippen LogP contribution in [0.2, 0.25) is 0 Å². The summed E-state index contributed by atoms with van der Waals surface area (Å²) in [4.78, 5) is 11.7. The van der Waals surface area contributed by atoms with Gasteiger partial charge in [-0.05, 0) is 61.4 Å². The largest absolute Gasteiger partial charge is 0.497 e. The molecule has 126 valence electrons. The van der Waals surface area contributed by atoms with Crippen LogP contribution in [0.4, 0.5) is 11.4 Å². The van der Waals surface area contributed by atoms with Gasteiger partial charge in [0.2, 0.25) is 5.91 Å². The molecule has 1 amide bonds. The molecule has 1 fully saturated rings. The van der Waals surface area contributed by atoms with Gasteiger partial charge in [0.15, 0.2) is 0 Å². The van der Waals surface area contributed by atoms with Crippen molar-refractivity contribution in [2.45, 2.75) is 12.8 Å². The Bertz CT molecular complexity index is 664. The molecule has 2 aromatic carbocycles. The normalized spacial score (nSPS) is 13.2. The number of carbonyl (C=O) groups is 1. The third-order valence-electron chi connectivity index (χ3n) is 3.86. The molecular formula is C19H22N2O3. The predicted molar refractivity (Wildman–Crippen MR) is 94.8 cm³/mol. The molecule has 1 aliphatic carbocycles. The fourth-order valence-electron chi connectivity index (χ4n) is 2.30. The summed E-state index contributed by atoms with van der Waals surface area (Å²) in [6.07, 6.45) is 2.03. The standard InChI is InChI=1S/C19H22N2O3/c1-23-17-8-10-18(11-9-17)24-13-12-20-15-4-6-16(7-5-15)21-19(22)14-2-3-14/h4-11,14,20H,2-3,12-13H2,1H3,(H,21,22). The highest BCUT2D eigenvalue weighted by Gasteiger charge is 2.29. The molecule has 24 heavy (non-hydrogen) atoms. The minimum Gasteiger partial charge on any atom is -0.497 e. The Labute approximate surface area is 142 Å². The first kappa shape index (κ1) is 16.2. The minimum atomic E-state index is 0.128. The van der Waals surface area contributed by atoms with Gasteiger partial charge in [0.1, 0.15) is 18.1 Å². The summed E-state index contributed by atoms with van der Waals surface area (Å²) in [5.74, 6) is 1.98. The molecule has 5 heteroatoms. The second kappa shape index (κ2) is 7.73. The van der Waals surface area contributed by atoms with E-state index in [-0.39, 0.29) is 11.8 Å². The molecule has 1 aliphatic rings. The van der Waals surface area contributed by atoms with Crippen molar-refractivity contribution in [1.29, 1.82) is 0 Å². The van der Waals surface area contributed by atoms with Gasteiger partial charge in [0.25, 0.3) is 0 Å². The molecule has 0 aliphatic heterocycles. The van der Waals surface area contributed by atoms with Crippen molar-refractivity contribution in [1.82, 2.24) is 0 Å². The number of carbonyl (C=O) groups excluding carboxylic acids is 1. The van der Waals surface area contributed by atoms with Gasteiger partial charge in [0.05, 0.1) is 7.11 Å². The number of amides is 1. The first-order valence-corrected chi connectivity index (χ1v) is 8.16. The van der Waals surface area contributed by atoms with E-state index in [9.17, 15) is 4.79 Å². The summed E-state index contributed by atoms with van der Waals surface area (Å²) in [7, 11) is 1.64. The molecule has 0 atom stereocenters. The topological polar surface area (TPSA) is 59.6 Å². The van der Waals surface area contributed by atoms with Crippen LogP contribution in [-0.4, -0.2) is 26.2 Å². The Morgan fingerprint density at radius 1 is 1.00 bits per heavy atom. The zero-order chi connectivity index (χ0) is 16.8. The van der Waals surface area contributed by atoms with E-state index in [0.717, 1.165) is 35.7 Å². The van der Waals surface area contributed by atoms with E-state index in [1.165, 1.54) is 0 Å². The molecule has 0 unspecified atom stereocenters. The van der Waals surface area contributed by atoms with Crippen molar-refractivity contribution in [3.8, 4) is 11.5 Å². The summed E-state index contributed by atoms with van der Waals surface area (Å²) in [6.45, 7) is 1.26. The highest BCUT2D eigenvalue weighted by Crippen LogP contribution is 2.30. The average Bonchev–Trinajstić information content (AvgIpc) is 3.46. The van der Waals surface area contributed by atoms with Crippen LogP contribution in [0, 0.1) is 5.92 Å². The van der Waals surface area contributed by atoms with Crippen LogP contribution >= 0.6 is 0 Å². The van der Waals surface area contributed by atoms with Crippen molar-refractivity contribution in [2.24, 2.45) is 5.92 Å². The number of methoxy groups -OCH3 is 1. The maximum atomic E-state index is 11.7. The van der Waals surface area contributed by atoms with Gasteiger partial charge in [-0.15, -0.1) is 0 Å². The van der Waals surface area contributed by atoms with Gasteiger partial charge in [-0.1, -0.05) is 0 Å². The molecule has 0 aromatic heterocycles. The van der Waals surface area contributed by atoms with Gasteiger partial charge in [-0.3, -0.25) is 4.79 Å². The lowest BCUT2D eigenvalue weighted by Crippen LogP contribution is -2.13. The monoisotopic (exact) mass is 326 g/mol. The molecule has 2 N–H and O–H groups in total. The number of anilines is 2. The van der Waals surface area contributed by atoms with Crippen LogP contribution in [0.25, 0.3) is 0 Å². The maximum absolute atomic E-state index is 11.7. The number of ether oxygens (including phenoxy) is 2. The second-order valence-corrected chi connectivity index (χ2v) is 5.79. The van der Waals surface area contributed by atoms with Crippen LogP contribution in [0.15, 0.2) is 48.5 Å². The van der Waals surface area contributed by atoms with E-state index in [1.807, 2.05) is 48.5 Å². The summed E-state index contributed by atoms with van der Waals surface area (Å²) in [6, 6.07) is 15.2. The van der Waals surface area contributed by atoms with Gasteiger partial charge >= 0.3 is 0 Å². The quantitative estimate of drug-likeness (QED) is 0.729. The van der Waals surface area contributed by atoms with Crippen molar-refractivity contribution >= 4 is 17.3 Å². The summed E-state index contributed by atoms with van der Waals surface area (Å²) in [5.41, 5.74) is 1.84. The first-order valence-electron chi connectivity index (χ1n) is 8.16. The number of hydrogen-bond acceptors (Lipinski definition) is 4. The highest BCUT2D eigenvalue weighted by atomic mass is 16.5. The summed E-state index contributed by atoms with van der Waals surface area (Å²) < 4.78 is 10.8. The minimum absolute atomic E-state index is 0.128. The molecule has 5 nitrogen and oxygen atoms in total. The molecule has 2 aromatic rings. The second-order valence-electron chi connectivity index (χ2n) is 5.79. The fourth-order valence-corrected chi connectivity index (χ4v) is 2.30. The molecule has 0 bridgehead atoms. The number of benzene rings is 2. The SMILES string of the molecule is COc1ccc(OCCNc2ccc(NC(=O)C3CC3)cc2)cc1. The van der Waals surface area contributed by atoms with Crippen molar-refractivity contribution in [3.05, 3.63) is 48.5 Å². The predicted octanol–water partition coefficient (Wildman–Crippen LogP) is 3.53. The summed E-state index contributed by atoms with van der Waals surface area (Å²) in [5, 5.41) is 6.22. The Morgan fingerprint density at radius 2 is 1.62 bits per heavy atom. The van der Waals surface area contributed by atoms with Crippen LogP contribution in [0.5, 0.6) is 11.5 Å². The van der Waals surface area contributed by atoms with E-state index in [0.29, 0.717) is 13.2 Å². The van der Waals surface area contributed by atoms with E-state index >= 15 is 0 Å². The lowest BCUT2D eigenvalue weighted by Gasteiger charge is -2.10. The molecule has 3 rings (SSSR count). The van der Waals surface area contributed by atoms with Crippen LogP contribution in [0.1, 0.15) is 12.8 Å². The molecule has 0 spiro atoms. The zero-order valence-electron chi connectivity index (χ0n) is 13.7. The third-order valence-corrected chi connectivity index (χ3v) is 3.86. The Balaban J connectivity index is 1.38. The maximum Gasteiger partial charge on any atom is 0.227 e. The van der Waals surface area contributed by atoms with Gasteiger partial charge in [-0.2, -0.15) is 0 Å². The zero-order valence-corrected chi connectivity index (χ0v) is 13.7. The molecular weight excluding hydrogens is 304 g/mol. The van der Waals surface area contributed by atoms with Gasteiger partial charge < -0.3 is 20.1 Å². The Hall–Kier alpha value is -2.69. The lowest BCUT2D eigenvalue weighted by atomic mass is 10.2. The van der Waals surface area contributed by atoms with Crippen molar-refractivity contribution in [2.75, 3.05) is 30.9 Å². The number of nitrogens with one attached hydrogen (secondary N) is 2. The highest BCUT2D eigenvalue weighted by molar-refractivity contribution is 5.94. The fraction of sp³-hybridized carbons (Fsp3) is 0.316. The smallest absolute Gasteiger partial charge is 0.227 e. The molecule has 0 radical (unpaired) electrons.